The predicted molar refractivity (Wildman–Crippen MR) is 116 cm³/mol. The SMILES string of the molecule is COc1ccc(CNC(N)=O)cc1S(=O)(=O)NCc1ccc(Oc2ccc(F)cc2)cc1. The summed E-state index contributed by atoms with van der Waals surface area (Å²) in [5.74, 6) is 0.826. The van der Waals surface area contributed by atoms with Gasteiger partial charge in [0.2, 0.25) is 10.0 Å². The Labute approximate surface area is 185 Å². The fourth-order valence-corrected chi connectivity index (χ4v) is 4.04. The molecule has 0 aliphatic rings. The zero-order valence-electron chi connectivity index (χ0n) is 17.2. The molecule has 0 spiro atoms. The first-order valence-electron chi connectivity index (χ1n) is 9.49. The number of hydrogen-bond donors (Lipinski definition) is 3. The van der Waals surface area contributed by atoms with E-state index in [9.17, 15) is 17.6 Å². The van der Waals surface area contributed by atoms with Gasteiger partial charge in [-0.1, -0.05) is 18.2 Å². The summed E-state index contributed by atoms with van der Waals surface area (Å²) in [6.07, 6.45) is 0. The number of primary amides is 1. The van der Waals surface area contributed by atoms with Gasteiger partial charge in [-0.3, -0.25) is 0 Å². The van der Waals surface area contributed by atoms with Gasteiger partial charge in [-0.2, -0.15) is 0 Å². The number of urea groups is 1. The maximum atomic E-state index is 13.0. The van der Waals surface area contributed by atoms with Gasteiger partial charge in [0.25, 0.3) is 0 Å². The maximum Gasteiger partial charge on any atom is 0.312 e. The molecular formula is C22H22FN3O5S. The van der Waals surface area contributed by atoms with Gasteiger partial charge in [-0.25, -0.2) is 22.3 Å². The van der Waals surface area contributed by atoms with E-state index in [1.165, 1.54) is 43.5 Å². The van der Waals surface area contributed by atoms with E-state index in [0.29, 0.717) is 22.6 Å². The molecule has 3 aromatic rings. The molecule has 8 nitrogen and oxygen atoms in total. The molecule has 0 fully saturated rings. The minimum Gasteiger partial charge on any atom is -0.495 e. The van der Waals surface area contributed by atoms with Crippen LogP contribution in [0.3, 0.4) is 0 Å². The highest BCUT2D eigenvalue weighted by Gasteiger charge is 2.20. The van der Waals surface area contributed by atoms with Gasteiger partial charge >= 0.3 is 6.03 Å². The van der Waals surface area contributed by atoms with Gasteiger partial charge in [0, 0.05) is 13.1 Å². The number of methoxy groups -OCH3 is 1. The van der Waals surface area contributed by atoms with Crippen LogP contribution in [0.5, 0.6) is 17.2 Å². The molecule has 32 heavy (non-hydrogen) atoms. The molecule has 0 saturated heterocycles. The van der Waals surface area contributed by atoms with Crippen molar-refractivity contribution in [2.45, 2.75) is 18.0 Å². The minimum absolute atomic E-state index is 0.0338. The van der Waals surface area contributed by atoms with Crippen molar-refractivity contribution >= 4 is 16.1 Å². The van der Waals surface area contributed by atoms with Crippen LogP contribution in [0.25, 0.3) is 0 Å². The molecule has 0 saturated carbocycles. The van der Waals surface area contributed by atoms with Crippen LogP contribution in [0.15, 0.2) is 71.6 Å². The number of nitrogens with one attached hydrogen (secondary N) is 2. The van der Waals surface area contributed by atoms with E-state index < -0.39 is 16.1 Å². The summed E-state index contributed by atoms with van der Waals surface area (Å²) in [6.45, 7) is 0.115. The molecule has 0 atom stereocenters. The van der Waals surface area contributed by atoms with E-state index in [4.69, 9.17) is 15.2 Å². The van der Waals surface area contributed by atoms with Crippen molar-refractivity contribution in [2.75, 3.05) is 7.11 Å². The number of sulfonamides is 1. The third-order valence-electron chi connectivity index (χ3n) is 4.42. The average molecular weight is 459 g/mol. The standard InChI is InChI=1S/C22H22FN3O5S/c1-30-20-11-4-16(13-25-22(24)27)12-21(20)32(28,29)26-14-15-2-7-18(8-3-15)31-19-9-5-17(23)6-10-19/h2-12,26H,13-14H2,1H3,(H3,24,25,27). The summed E-state index contributed by atoms with van der Waals surface area (Å²) in [4.78, 5) is 10.9. The Bertz CT molecular complexity index is 1180. The van der Waals surface area contributed by atoms with Crippen molar-refractivity contribution in [3.63, 3.8) is 0 Å². The Balaban J connectivity index is 1.68. The molecule has 0 bridgehead atoms. The molecule has 0 aliphatic heterocycles. The molecule has 3 aromatic carbocycles. The largest absolute Gasteiger partial charge is 0.495 e. The van der Waals surface area contributed by atoms with Crippen LogP contribution in [-0.2, 0) is 23.1 Å². The molecule has 2 amide bonds. The van der Waals surface area contributed by atoms with Gasteiger partial charge in [0.15, 0.2) is 0 Å². The van der Waals surface area contributed by atoms with Crippen molar-refractivity contribution in [1.82, 2.24) is 10.0 Å². The van der Waals surface area contributed by atoms with Crippen molar-refractivity contribution in [3.05, 3.63) is 83.7 Å². The number of amides is 2. The summed E-state index contributed by atoms with van der Waals surface area (Å²) in [7, 11) is -2.54. The number of benzene rings is 3. The van der Waals surface area contributed by atoms with Gasteiger partial charge in [0.1, 0.15) is 28.0 Å². The molecule has 0 aliphatic carbocycles. The maximum absolute atomic E-state index is 13.0. The highest BCUT2D eigenvalue weighted by atomic mass is 32.2. The third-order valence-corrected chi connectivity index (χ3v) is 5.85. The summed E-state index contributed by atoms with van der Waals surface area (Å²) < 4.78 is 52.0. The normalized spacial score (nSPS) is 11.1. The van der Waals surface area contributed by atoms with Crippen molar-refractivity contribution < 1.29 is 27.1 Å². The van der Waals surface area contributed by atoms with Crippen molar-refractivity contribution in [2.24, 2.45) is 5.73 Å². The van der Waals surface area contributed by atoms with Crippen LogP contribution in [-0.4, -0.2) is 21.6 Å². The number of nitrogens with two attached hydrogens (primary N) is 1. The van der Waals surface area contributed by atoms with Gasteiger partial charge in [0.05, 0.1) is 7.11 Å². The first kappa shape index (κ1) is 23.0. The molecule has 0 heterocycles. The number of halogens is 1. The van der Waals surface area contributed by atoms with Crippen LogP contribution in [0.2, 0.25) is 0 Å². The first-order valence-corrected chi connectivity index (χ1v) is 11.0. The second-order valence-electron chi connectivity index (χ2n) is 6.73. The van der Waals surface area contributed by atoms with Crippen LogP contribution < -0.4 is 25.2 Å². The lowest BCUT2D eigenvalue weighted by Crippen LogP contribution is -2.29. The van der Waals surface area contributed by atoms with E-state index in [-0.39, 0.29) is 29.6 Å². The monoisotopic (exact) mass is 459 g/mol. The quantitative estimate of drug-likeness (QED) is 0.454. The predicted octanol–water partition coefficient (Wildman–Crippen LogP) is 3.27. The Kier molecular flexibility index (Phi) is 7.29. The Morgan fingerprint density at radius 3 is 2.12 bits per heavy atom. The minimum atomic E-state index is -3.91. The third kappa shape index (κ3) is 6.19. The fraction of sp³-hybridized carbons (Fsp3) is 0.136. The second kappa shape index (κ2) is 10.1. The summed E-state index contributed by atoms with van der Waals surface area (Å²) in [5.41, 5.74) is 6.31. The van der Waals surface area contributed by atoms with Crippen LogP contribution in [0.4, 0.5) is 9.18 Å². The molecule has 0 aromatic heterocycles. The molecule has 168 valence electrons. The Morgan fingerprint density at radius 2 is 1.53 bits per heavy atom. The average Bonchev–Trinajstić information content (AvgIpc) is 2.78. The van der Waals surface area contributed by atoms with E-state index in [2.05, 4.69) is 10.0 Å². The van der Waals surface area contributed by atoms with E-state index in [1.807, 2.05) is 0 Å². The topological polar surface area (TPSA) is 120 Å². The first-order chi connectivity index (χ1) is 15.3. The molecule has 4 N–H and O–H groups in total. The van der Waals surface area contributed by atoms with Crippen molar-refractivity contribution in [1.29, 1.82) is 0 Å². The molecule has 0 unspecified atom stereocenters. The smallest absolute Gasteiger partial charge is 0.312 e. The number of rotatable bonds is 9. The van der Waals surface area contributed by atoms with E-state index in [1.54, 1.807) is 30.3 Å². The summed E-state index contributed by atoms with van der Waals surface area (Å²) in [6, 6.07) is 16.3. The van der Waals surface area contributed by atoms with Crippen molar-refractivity contribution in [3.8, 4) is 17.2 Å². The number of hydrogen-bond acceptors (Lipinski definition) is 5. The van der Waals surface area contributed by atoms with Crippen LogP contribution in [0, 0.1) is 5.82 Å². The summed E-state index contributed by atoms with van der Waals surface area (Å²) in [5, 5.41) is 2.41. The molecule has 10 heteroatoms. The Hall–Kier alpha value is -3.63. The highest BCUT2D eigenvalue weighted by Crippen LogP contribution is 2.26. The Morgan fingerprint density at radius 1 is 0.938 bits per heavy atom. The zero-order chi connectivity index (χ0) is 23.1. The zero-order valence-corrected chi connectivity index (χ0v) is 18.0. The lowest BCUT2D eigenvalue weighted by Gasteiger charge is -2.13. The van der Waals surface area contributed by atoms with Gasteiger partial charge in [-0.15, -0.1) is 0 Å². The number of ether oxygens (including phenoxy) is 2. The number of carbonyl (C=O) groups is 1. The molecular weight excluding hydrogens is 437 g/mol. The van der Waals surface area contributed by atoms with E-state index >= 15 is 0 Å². The fourth-order valence-electron chi connectivity index (χ4n) is 2.80. The van der Waals surface area contributed by atoms with Gasteiger partial charge < -0.3 is 20.5 Å². The summed E-state index contributed by atoms with van der Waals surface area (Å²) >= 11 is 0. The highest BCUT2D eigenvalue weighted by molar-refractivity contribution is 7.89. The molecule has 0 radical (unpaired) electrons. The molecule has 3 rings (SSSR count). The van der Waals surface area contributed by atoms with E-state index in [0.717, 1.165) is 0 Å². The van der Waals surface area contributed by atoms with Crippen LogP contribution in [0.1, 0.15) is 11.1 Å². The van der Waals surface area contributed by atoms with Crippen LogP contribution >= 0.6 is 0 Å². The lowest BCUT2D eigenvalue weighted by molar-refractivity contribution is 0.248. The lowest BCUT2D eigenvalue weighted by atomic mass is 10.2. The second-order valence-corrected chi connectivity index (χ2v) is 8.46. The van der Waals surface area contributed by atoms with Gasteiger partial charge in [-0.05, 0) is 59.7 Å². The number of carbonyl (C=O) groups excluding carboxylic acids is 1.